The number of rotatable bonds is 4. The minimum absolute atomic E-state index is 0.201. The highest BCUT2D eigenvalue weighted by Gasteiger charge is 2.19. The Kier molecular flexibility index (Phi) is 3.81. The normalized spacial score (nSPS) is 11.4. The minimum atomic E-state index is -0.201. The zero-order valence-electron chi connectivity index (χ0n) is 14.6. The predicted octanol–water partition coefficient (Wildman–Crippen LogP) is 2.04. The predicted molar refractivity (Wildman–Crippen MR) is 105 cm³/mol. The zero-order valence-corrected chi connectivity index (χ0v) is 16.2. The second-order valence-corrected chi connectivity index (χ2v) is 8.20. The summed E-state index contributed by atoms with van der Waals surface area (Å²) in [5, 5.41) is 24.3. The van der Waals surface area contributed by atoms with Crippen molar-refractivity contribution in [3.05, 3.63) is 55.6 Å². The fourth-order valence-corrected chi connectivity index (χ4v) is 4.95. The van der Waals surface area contributed by atoms with Crippen LogP contribution in [0.1, 0.15) is 21.4 Å². The molecule has 0 spiro atoms. The van der Waals surface area contributed by atoms with Gasteiger partial charge in [-0.3, -0.25) is 9.89 Å². The van der Waals surface area contributed by atoms with Gasteiger partial charge in [-0.2, -0.15) is 15.5 Å². The van der Waals surface area contributed by atoms with Gasteiger partial charge in [-0.25, -0.2) is 14.6 Å². The molecule has 138 valence electrons. The summed E-state index contributed by atoms with van der Waals surface area (Å²) in [6.07, 6.45) is 4.13. The van der Waals surface area contributed by atoms with Crippen molar-refractivity contribution < 1.29 is 0 Å². The molecule has 9 nitrogen and oxygen atoms in total. The number of hydrogen-bond donors (Lipinski definition) is 1. The van der Waals surface area contributed by atoms with Crippen molar-refractivity contribution in [3.8, 4) is 6.07 Å². The highest BCUT2D eigenvalue weighted by Crippen LogP contribution is 2.31. The molecule has 0 aromatic carbocycles. The average Bonchev–Trinajstić information content (AvgIpc) is 3.46. The number of nitriles is 1. The first-order chi connectivity index (χ1) is 13.6. The smallest absolute Gasteiger partial charge is 0.291 e. The van der Waals surface area contributed by atoms with E-state index in [1.54, 1.807) is 29.1 Å². The SMILES string of the molecule is Cn1c2nc(Cc3cc[nH]n3)sc2c2cnn(Cc3nc(C#N)cs3)c(=O)c21. The number of aromatic nitrogens is 7. The second-order valence-electron chi connectivity index (χ2n) is 6.17. The number of thiazole rings is 2. The second kappa shape index (κ2) is 6.36. The molecule has 0 atom stereocenters. The maximum atomic E-state index is 13.0. The number of hydrogen-bond acceptors (Lipinski definition) is 8. The van der Waals surface area contributed by atoms with Crippen LogP contribution in [0, 0.1) is 11.3 Å². The van der Waals surface area contributed by atoms with Crippen LogP contribution >= 0.6 is 22.7 Å². The summed E-state index contributed by atoms with van der Waals surface area (Å²) in [5.41, 5.74) is 2.40. The lowest BCUT2D eigenvalue weighted by molar-refractivity contribution is 0.641. The van der Waals surface area contributed by atoms with Gasteiger partial charge in [0.1, 0.15) is 21.6 Å². The van der Waals surface area contributed by atoms with Crippen molar-refractivity contribution in [1.29, 1.82) is 5.26 Å². The monoisotopic (exact) mass is 408 g/mol. The lowest BCUT2D eigenvalue weighted by Gasteiger charge is -2.03. The quantitative estimate of drug-likeness (QED) is 0.486. The molecular formula is C17H12N8OS2. The molecule has 0 saturated carbocycles. The number of H-pyrrole nitrogens is 1. The Hall–Kier alpha value is -3.36. The Morgan fingerprint density at radius 3 is 2.96 bits per heavy atom. The molecule has 28 heavy (non-hydrogen) atoms. The summed E-state index contributed by atoms with van der Waals surface area (Å²) in [7, 11) is 1.84. The minimum Gasteiger partial charge on any atom is -0.323 e. The molecule has 0 amide bonds. The van der Waals surface area contributed by atoms with Gasteiger partial charge in [-0.1, -0.05) is 0 Å². The molecule has 5 aromatic heterocycles. The Morgan fingerprint density at radius 2 is 2.21 bits per heavy atom. The third-order valence-corrected chi connectivity index (χ3v) is 6.32. The molecule has 5 rings (SSSR count). The van der Waals surface area contributed by atoms with E-state index in [0.717, 1.165) is 26.4 Å². The Morgan fingerprint density at radius 1 is 1.32 bits per heavy atom. The summed E-state index contributed by atoms with van der Waals surface area (Å²) < 4.78 is 4.13. The first-order valence-corrected chi connectivity index (χ1v) is 10.0. The number of aryl methyl sites for hydroxylation is 1. The third kappa shape index (κ3) is 2.62. The maximum Gasteiger partial charge on any atom is 0.291 e. The van der Waals surface area contributed by atoms with Gasteiger partial charge in [0, 0.05) is 30.4 Å². The fraction of sp³-hybridized carbons (Fsp3) is 0.176. The van der Waals surface area contributed by atoms with Crippen LogP contribution in [0.15, 0.2) is 28.6 Å². The standard InChI is InChI=1S/C17H12N8OS2/c1-24-14-11(15-16(24)22-12(28-15)4-9-2-3-19-23-9)6-20-25(17(14)26)7-13-21-10(5-18)8-27-13/h2-3,6,8H,4,7H2,1H3,(H,19,23). The van der Waals surface area contributed by atoms with Gasteiger partial charge >= 0.3 is 0 Å². The third-order valence-electron chi connectivity index (χ3n) is 4.41. The van der Waals surface area contributed by atoms with Crippen LogP contribution in [0.5, 0.6) is 0 Å². The van der Waals surface area contributed by atoms with Crippen LogP contribution in [0.3, 0.4) is 0 Å². The molecule has 0 bridgehead atoms. The van der Waals surface area contributed by atoms with E-state index in [-0.39, 0.29) is 12.1 Å². The Bertz CT molecular complexity index is 1410. The Labute approximate surface area is 165 Å². The molecular weight excluding hydrogens is 396 g/mol. The molecule has 0 aliphatic carbocycles. The van der Waals surface area contributed by atoms with E-state index in [1.807, 2.05) is 23.8 Å². The van der Waals surface area contributed by atoms with E-state index in [2.05, 4.69) is 20.3 Å². The molecule has 0 radical (unpaired) electrons. The summed E-state index contributed by atoms with van der Waals surface area (Å²) in [6, 6.07) is 3.91. The molecule has 0 aliphatic heterocycles. The highest BCUT2D eigenvalue weighted by atomic mass is 32.1. The van der Waals surface area contributed by atoms with Crippen LogP contribution in [0.4, 0.5) is 0 Å². The topological polar surface area (TPSA) is 118 Å². The van der Waals surface area contributed by atoms with Crippen molar-refractivity contribution in [3.63, 3.8) is 0 Å². The number of fused-ring (bicyclic) bond motifs is 3. The van der Waals surface area contributed by atoms with E-state index in [1.165, 1.54) is 16.0 Å². The zero-order chi connectivity index (χ0) is 19.3. The largest absolute Gasteiger partial charge is 0.323 e. The van der Waals surface area contributed by atoms with Gasteiger partial charge in [0.2, 0.25) is 0 Å². The van der Waals surface area contributed by atoms with Gasteiger partial charge in [0.05, 0.1) is 23.1 Å². The van der Waals surface area contributed by atoms with E-state index < -0.39 is 0 Å². The van der Waals surface area contributed by atoms with Gasteiger partial charge in [-0.15, -0.1) is 22.7 Å². The molecule has 1 N–H and O–H groups in total. The first-order valence-electron chi connectivity index (χ1n) is 8.31. The molecule has 0 saturated heterocycles. The molecule has 5 aromatic rings. The lowest BCUT2D eigenvalue weighted by atomic mass is 10.3. The lowest BCUT2D eigenvalue weighted by Crippen LogP contribution is -2.24. The van der Waals surface area contributed by atoms with Crippen molar-refractivity contribution in [2.45, 2.75) is 13.0 Å². The molecule has 5 heterocycles. The van der Waals surface area contributed by atoms with Crippen LogP contribution in [-0.2, 0) is 20.0 Å². The van der Waals surface area contributed by atoms with Crippen LogP contribution in [-0.4, -0.2) is 34.5 Å². The summed E-state index contributed by atoms with van der Waals surface area (Å²) in [6.45, 7) is 0.234. The van der Waals surface area contributed by atoms with E-state index >= 15 is 0 Å². The summed E-state index contributed by atoms with van der Waals surface area (Å²) in [5.74, 6) is 0. The van der Waals surface area contributed by atoms with E-state index in [4.69, 9.17) is 10.2 Å². The molecule has 0 fully saturated rings. The molecule has 11 heteroatoms. The van der Waals surface area contributed by atoms with Gasteiger partial charge in [0.25, 0.3) is 5.56 Å². The Balaban J connectivity index is 1.58. The first kappa shape index (κ1) is 16.8. The van der Waals surface area contributed by atoms with Crippen molar-refractivity contribution >= 4 is 43.9 Å². The van der Waals surface area contributed by atoms with Crippen molar-refractivity contribution in [1.82, 2.24) is 34.5 Å². The van der Waals surface area contributed by atoms with Crippen LogP contribution in [0.2, 0.25) is 0 Å². The summed E-state index contributed by atoms with van der Waals surface area (Å²) >= 11 is 2.89. The van der Waals surface area contributed by atoms with E-state index in [9.17, 15) is 4.79 Å². The molecule has 0 unspecified atom stereocenters. The number of aromatic amines is 1. The number of nitrogens with one attached hydrogen (secondary N) is 1. The van der Waals surface area contributed by atoms with Gasteiger partial charge in [0.15, 0.2) is 11.3 Å². The van der Waals surface area contributed by atoms with E-state index in [0.29, 0.717) is 22.6 Å². The van der Waals surface area contributed by atoms with Gasteiger partial charge < -0.3 is 4.57 Å². The molecule has 0 aliphatic rings. The number of nitrogens with zero attached hydrogens (tertiary/aromatic N) is 7. The average molecular weight is 408 g/mol. The van der Waals surface area contributed by atoms with Crippen molar-refractivity contribution in [2.75, 3.05) is 0 Å². The summed E-state index contributed by atoms with van der Waals surface area (Å²) in [4.78, 5) is 21.9. The van der Waals surface area contributed by atoms with Crippen LogP contribution in [0.25, 0.3) is 21.3 Å². The van der Waals surface area contributed by atoms with Gasteiger partial charge in [-0.05, 0) is 6.07 Å². The fourth-order valence-electron chi connectivity index (χ4n) is 3.13. The highest BCUT2D eigenvalue weighted by molar-refractivity contribution is 7.19. The van der Waals surface area contributed by atoms with Crippen LogP contribution < -0.4 is 5.56 Å². The van der Waals surface area contributed by atoms with Crippen molar-refractivity contribution in [2.24, 2.45) is 7.05 Å². The maximum absolute atomic E-state index is 13.0.